The minimum atomic E-state index is -0.270. The van der Waals surface area contributed by atoms with E-state index in [1.54, 1.807) is 16.7 Å². The average Bonchev–Trinajstić information content (AvgIpc) is 3.16. The molecule has 1 saturated heterocycles. The Morgan fingerprint density at radius 3 is 2.03 bits per heavy atom. The SMILES string of the molecule is O=c1[nH]c2cc(Cl)ccc2n1CCCN1CCN(C(c2ccc(F)cc2)c2ccc(F)cc2)CC1. The second-order valence-corrected chi connectivity index (χ2v) is 9.42. The molecule has 5 rings (SSSR count). The summed E-state index contributed by atoms with van der Waals surface area (Å²) in [6.45, 7) is 4.97. The van der Waals surface area contributed by atoms with Gasteiger partial charge in [-0.05, 0) is 66.6 Å². The Morgan fingerprint density at radius 1 is 0.829 bits per heavy atom. The zero-order valence-electron chi connectivity index (χ0n) is 19.3. The minimum Gasteiger partial charge on any atom is -0.305 e. The van der Waals surface area contributed by atoms with Gasteiger partial charge in [0, 0.05) is 37.7 Å². The third kappa shape index (κ3) is 5.32. The molecule has 0 atom stereocenters. The Kier molecular flexibility index (Phi) is 7.00. The fourth-order valence-electron chi connectivity index (χ4n) is 4.96. The number of benzene rings is 3. The van der Waals surface area contributed by atoms with Gasteiger partial charge >= 0.3 is 5.69 Å². The monoisotopic (exact) mass is 496 g/mol. The van der Waals surface area contributed by atoms with Gasteiger partial charge in [0.2, 0.25) is 0 Å². The highest BCUT2D eigenvalue weighted by Gasteiger charge is 2.26. The molecular formula is C27H27ClF2N4O. The topological polar surface area (TPSA) is 44.3 Å². The molecule has 0 radical (unpaired) electrons. The van der Waals surface area contributed by atoms with E-state index < -0.39 is 0 Å². The van der Waals surface area contributed by atoms with E-state index >= 15 is 0 Å². The standard InChI is InChI=1S/C27H27ClF2N4O/c28-21-6-11-25-24(18-21)31-27(35)34(25)13-1-12-32-14-16-33(17-15-32)26(19-2-7-22(29)8-3-19)20-4-9-23(30)10-5-20/h2-11,18,26H,1,12-17H2,(H,31,35). The quantitative estimate of drug-likeness (QED) is 0.389. The van der Waals surface area contributed by atoms with Crippen LogP contribution in [0.3, 0.4) is 0 Å². The van der Waals surface area contributed by atoms with Gasteiger partial charge in [0.25, 0.3) is 0 Å². The minimum absolute atomic E-state index is 0.0602. The first-order valence-corrected chi connectivity index (χ1v) is 12.2. The number of nitrogens with one attached hydrogen (secondary N) is 1. The molecule has 0 saturated carbocycles. The molecule has 3 aromatic carbocycles. The van der Waals surface area contributed by atoms with E-state index in [1.165, 1.54) is 24.3 Å². The van der Waals surface area contributed by atoms with Crippen LogP contribution in [0.5, 0.6) is 0 Å². The number of fused-ring (bicyclic) bond motifs is 1. The maximum Gasteiger partial charge on any atom is 0.326 e. The van der Waals surface area contributed by atoms with Crippen LogP contribution in [0.25, 0.3) is 11.0 Å². The number of imidazole rings is 1. The lowest BCUT2D eigenvalue weighted by Crippen LogP contribution is -2.48. The maximum atomic E-state index is 13.5. The van der Waals surface area contributed by atoms with E-state index in [2.05, 4.69) is 14.8 Å². The van der Waals surface area contributed by atoms with Crippen molar-refractivity contribution in [2.75, 3.05) is 32.7 Å². The summed E-state index contributed by atoms with van der Waals surface area (Å²) in [4.78, 5) is 20.0. The van der Waals surface area contributed by atoms with Gasteiger partial charge in [-0.15, -0.1) is 0 Å². The van der Waals surface area contributed by atoms with Gasteiger partial charge in [0.05, 0.1) is 17.1 Å². The predicted molar refractivity (Wildman–Crippen MR) is 135 cm³/mol. The Hall–Kier alpha value is -3.00. The maximum absolute atomic E-state index is 13.5. The van der Waals surface area contributed by atoms with Crippen LogP contribution in [0.2, 0.25) is 5.02 Å². The molecule has 1 aromatic heterocycles. The van der Waals surface area contributed by atoms with Crippen molar-refractivity contribution in [3.63, 3.8) is 0 Å². The van der Waals surface area contributed by atoms with Crippen molar-refractivity contribution < 1.29 is 8.78 Å². The molecule has 1 aliphatic heterocycles. The van der Waals surface area contributed by atoms with Gasteiger partial charge in [-0.1, -0.05) is 35.9 Å². The zero-order valence-corrected chi connectivity index (χ0v) is 20.0. The number of hydrogen-bond acceptors (Lipinski definition) is 3. The smallest absolute Gasteiger partial charge is 0.305 e. The van der Waals surface area contributed by atoms with Gasteiger partial charge < -0.3 is 9.88 Å². The number of H-pyrrole nitrogens is 1. The van der Waals surface area contributed by atoms with Crippen LogP contribution in [0.1, 0.15) is 23.6 Å². The number of halogens is 3. The van der Waals surface area contributed by atoms with Crippen LogP contribution in [-0.2, 0) is 6.54 Å². The highest BCUT2D eigenvalue weighted by atomic mass is 35.5. The summed E-state index contributed by atoms with van der Waals surface area (Å²) in [5.41, 5.74) is 3.48. The van der Waals surface area contributed by atoms with Crippen molar-refractivity contribution in [3.8, 4) is 0 Å². The molecular weight excluding hydrogens is 470 g/mol. The molecule has 1 N–H and O–H groups in total. The molecule has 1 fully saturated rings. The van der Waals surface area contributed by atoms with Crippen molar-refractivity contribution in [2.45, 2.75) is 19.0 Å². The van der Waals surface area contributed by atoms with Gasteiger partial charge in [-0.2, -0.15) is 0 Å². The van der Waals surface area contributed by atoms with E-state index in [0.717, 1.165) is 61.3 Å². The molecule has 182 valence electrons. The third-order valence-corrected chi connectivity index (χ3v) is 6.97. The number of hydrogen-bond donors (Lipinski definition) is 1. The number of rotatable bonds is 7. The number of piperazine rings is 1. The number of nitrogens with zero attached hydrogens (tertiary/aromatic N) is 3. The van der Waals surface area contributed by atoms with Gasteiger partial charge in [-0.25, -0.2) is 13.6 Å². The van der Waals surface area contributed by atoms with Gasteiger partial charge in [0.15, 0.2) is 0 Å². The Labute approximate surface area is 207 Å². The van der Waals surface area contributed by atoms with Gasteiger partial charge in [-0.3, -0.25) is 9.47 Å². The molecule has 8 heteroatoms. The molecule has 2 heterocycles. The second kappa shape index (κ2) is 10.3. The summed E-state index contributed by atoms with van der Waals surface area (Å²) < 4.78 is 28.9. The van der Waals surface area contributed by atoms with Crippen LogP contribution < -0.4 is 5.69 Å². The molecule has 0 bridgehead atoms. The van der Waals surface area contributed by atoms with E-state index in [9.17, 15) is 13.6 Å². The zero-order chi connectivity index (χ0) is 24.4. The number of aromatic amines is 1. The summed E-state index contributed by atoms with van der Waals surface area (Å²) in [5.74, 6) is -0.539. The summed E-state index contributed by atoms with van der Waals surface area (Å²) >= 11 is 6.04. The number of aryl methyl sites for hydroxylation is 1. The van der Waals surface area contributed by atoms with E-state index in [-0.39, 0.29) is 23.4 Å². The molecule has 0 spiro atoms. The van der Waals surface area contributed by atoms with Crippen LogP contribution in [-0.4, -0.2) is 52.1 Å². The normalized spacial score (nSPS) is 15.3. The summed E-state index contributed by atoms with van der Waals surface area (Å²) in [5, 5.41) is 0.600. The average molecular weight is 497 g/mol. The molecule has 1 aliphatic rings. The van der Waals surface area contributed by atoms with Crippen molar-refractivity contribution in [3.05, 3.63) is 105 Å². The fraction of sp³-hybridized carbons (Fsp3) is 0.296. The molecule has 0 unspecified atom stereocenters. The lowest BCUT2D eigenvalue weighted by molar-refractivity contribution is 0.108. The van der Waals surface area contributed by atoms with Crippen LogP contribution in [0.4, 0.5) is 8.78 Å². The van der Waals surface area contributed by atoms with Crippen LogP contribution in [0.15, 0.2) is 71.5 Å². The van der Waals surface area contributed by atoms with Crippen LogP contribution in [0, 0.1) is 11.6 Å². The molecule has 35 heavy (non-hydrogen) atoms. The van der Waals surface area contributed by atoms with E-state index in [1.807, 2.05) is 30.3 Å². The van der Waals surface area contributed by atoms with Gasteiger partial charge in [0.1, 0.15) is 11.6 Å². The summed E-state index contributed by atoms with van der Waals surface area (Å²) in [6.07, 6.45) is 0.856. The second-order valence-electron chi connectivity index (χ2n) is 8.98. The van der Waals surface area contributed by atoms with Crippen molar-refractivity contribution in [2.24, 2.45) is 0 Å². The molecule has 5 nitrogen and oxygen atoms in total. The summed E-state index contributed by atoms with van der Waals surface area (Å²) in [6, 6.07) is 18.5. The first-order valence-electron chi connectivity index (χ1n) is 11.8. The summed E-state index contributed by atoms with van der Waals surface area (Å²) in [7, 11) is 0. The van der Waals surface area contributed by atoms with Crippen LogP contribution >= 0.6 is 11.6 Å². The fourth-order valence-corrected chi connectivity index (χ4v) is 5.13. The molecule has 0 amide bonds. The first-order chi connectivity index (χ1) is 17.0. The van der Waals surface area contributed by atoms with Crippen molar-refractivity contribution in [1.29, 1.82) is 0 Å². The lowest BCUT2D eigenvalue weighted by Gasteiger charge is -2.40. The van der Waals surface area contributed by atoms with E-state index in [4.69, 9.17) is 11.6 Å². The third-order valence-electron chi connectivity index (χ3n) is 6.74. The Balaban J connectivity index is 1.22. The predicted octanol–water partition coefficient (Wildman–Crippen LogP) is 5.06. The van der Waals surface area contributed by atoms with E-state index in [0.29, 0.717) is 11.6 Å². The Bertz CT molecular complexity index is 1300. The molecule has 0 aliphatic carbocycles. The highest BCUT2D eigenvalue weighted by molar-refractivity contribution is 6.31. The van der Waals surface area contributed by atoms with Crippen molar-refractivity contribution >= 4 is 22.6 Å². The molecule has 4 aromatic rings. The largest absolute Gasteiger partial charge is 0.326 e. The van der Waals surface area contributed by atoms with Crippen molar-refractivity contribution in [1.82, 2.24) is 19.4 Å². The Morgan fingerprint density at radius 2 is 1.43 bits per heavy atom. The number of aromatic nitrogens is 2. The highest BCUT2D eigenvalue weighted by Crippen LogP contribution is 2.30. The first kappa shape index (κ1) is 23.7. The lowest BCUT2D eigenvalue weighted by atomic mass is 9.96.